The van der Waals surface area contributed by atoms with Crippen molar-refractivity contribution in [2.45, 2.75) is 52.0 Å². The lowest BCUT2D eigenvalue weighted by Crippen LogP contribution is -2.48. The fourth-order valence-corrected chi connectivity index (χ4v) is 5.00. The number of hydrogen-bond donors (Lipinski definition) is 2. The van der Waals surface area contributed by atoms with Crippen LogP contribution in [0, 0.1) is 5.92 Å². The zero-order chi connectivity index (χ0) is 29.5. The SMILES string of the molecule is CC(=O)Nc1cc(Oc2cnc3nc(Nc4cc(C(C)(C)C)n(CC5CCN(C)CC5(F)F)n4)n(C)c3c2)ccn1. The molecule has 41 heavy (non-hydrogen) atoms. The molecular weight excluding hydrogens is 532 g/mol. The number of nitrogens with one attached hydrogen (secondary N) is 2. The summed E-state index contributed by atoms with van der Waals surface area (Å²) >= 11 is 0. The summed E-state index contributed by atoms with van der Waals surface area (Å²) in [6.45, 7) is 8.06. The van der Waals surface area contributed by atoms with Gasteiger partial charge in [0.15, 0.2) is 11.5 Å². The third-order valence-electron chi connectivity index (χ3n) is 7.10. The number of aryl methyl sites for hydroxylation is 1. The molecule has 1 saturated heterocycles. The summed E-state index contributed by atoms with van der Waals surface area (Å²) in [5.41, 5.74) is 1.76. The van der Waals surface area contributed by atoms with Crippen LogP contribution in [-0.4, -0.2) is 66.2 Å². The molecule has 1 atom stereocenters. The summed E-state index contributed by atoms with van der Waals surface area (Å²) in [4.78, 5) is 26.2. The first-order chi connectivity index (χ1) is 19.3. The van der Waals surface area contributed by atoms with Crippen LogP contribution in [0.15, 0.2) is 36.7 Å². The Kier molecular flexibility index (Phi) is 7.41. The quantitative estimate of drug-likeness (QED) is 0.323. The van der Waals surface area contributed by atoms with Gasteiger partial charge < -0.3 is 24.8 Å². The van der Waals surface area contributed by atoms with Gasteiger partial charge in [0.2, 0.25) is 11.9 Å². The number of rotatable bonds is 7. The molecule has 1 aliphatic heterocycles. The normalized spacial score (nSPS) is 17.5. The minimum atomic E-state index is -2.79. The Bertz CT molecular complexity index is 1570. The van der Waals surface area contributed by atoms with Crippen molar-refractivity contribution in [3.8, 4) is 11.5 Å². The second-order valence-corrected chi connectivity index (χ2v) is 11.6. The van der Waals surface area contributed by atoms with E-state index in [9.17, 15) is 13.6 Å². The van der Waals surface area contributed by atoms with Crippen LogP contribution in [0.25, 0.3) is 11.2 Å². The van der Waals surface area contributed by atoms with E-state index in [0.717, 1.165) is 5.69 Å². The van der Waals surface area contributed by atoms with E-state index in [1.54, 1.807) is 41.0 Å². The molecule has 11 nitrogen and oxygen atoms in total. The maximum absolute atomic E-state index is 14.8. The van der Waals surface area contributed by atoms with Gasteiger partial charge in [-0.05, 0) is 26.1 Å². The highest BCUT2D eigenvalue weighted by Crippen LogP contribution is 2.36. The van der Waals surface area contributed by atoms with Crippen molar-refractivity contribution < 1.29 is 18.3 Å². The Balaban J connectivity index is 1.38. The molecule has 5 heterocycles. The molecule has 2 N–H and O–H groups in total. The lowest BCUT2D eigenvalue weighted by atomic mass is 9.90. The monoisotopic (exact) mass is 567 g/mol. The Labute approximate surface area is 236 Å². The van der Waals surface area contributed by atoms with Crippen molar-refractivity contribution in [3.05, 3.63) is 42.4 Å². The summed E-state index contributed by atoms with van der Waals surface area (Å²) in [5, 5.41) is 10.6. The van der Waals surface area contributed by atoms with Gasteiger partial charge in [-0.2, -0.15) is 10.1 Å². The number of piperidine rings is 1. The molecule has 218 valence electrons. The fourth-order valence-electron chi connectivity index (χ4n) is 5.00. The summed E-state index contributed by atoms with van der Waals surface area (Å²) in [6, 6.07) is 6.99. The van der Waals surface area contributed by atoms with Crippen molar-refractivity contribution in [1.29, 1.82) is 0 Å². The Morgan fingerprint density at radius 1 is 1.15 bits per heavy atom. The molecule has 0 aliphatic carbocycles. The predicted molar refractivity (Wildman–Crippen MR) is 152 cm³/mol. The molecule has 1 fully saturated rings. The van der Waals surface area contributed by atoms with Crippen LogP contribution in [-0.2, 0) is 23.8 Å². The molecule has 4 aromatic heterocycles. The molecule has 0 saturated carbocycles. The number of fused-ring (bicyclic) bond motifs is 1. The average molecular weight is 568 g/mol. The van der Waals surface area contributed by atoms with Crippen LogP contribution in [0.4, 0.5) is 26.4 Å². The standard InChI is InChI=1S/C28H35F2N9O2/c1-17(40)33-23-12-19(7-9-31-23)41-20-11-21-25(32-14-20)35-26(38(21)6)34-24-13-22(27(2,3)4)39(36-24)15-18-8-10-37(5)16-28(18,29)30/h7,9,11-14,18H,8,10,15-16H2,1-6H3,(H,31,33,40)(H,32,34,35,36). The zero-order valence-electron chi connectivity index (χ0n) is 24.1. The molecule has 1 aliphatic rings. The highest BCUT2D eigenvalue weighted by Gasteiger charge is 2.44. The largest absolute Gasteiger partial charge is 0.455 e. The third kappa shape index (κ3) is 6.29. The third-order valence-corrected chi connectivity index (χ3v) is 7.10. The number of hydrogen-bond acceptors (Lipinski definition) is 8. The predicted octanol–water partition coefficient (Wildman–Crippen LogP) is 4.94. The zero-order valence-corrected chi connectivity index (χ0v) is 24.1. The van der Waals surface area contributed by atoms with E-state index in [0.29, 0.717) is 53.2 Å². The highest BCUT2D eigenvalue weighted by molar-refractivity contribution is 5.87. The Morgan fingerprint density at radius 3 is 2.63 bits per heavy atom. The van der Waals surface area contributed by atoms with Gasteiger partial charge in [0.25, 0.3) is 5.92 Å². The molecule has 0 spiro atoms. The molecule has 0 aromatic carbocycles. The summed E-state index contributed by atoms with van der Waals surface area (Å²) in [5.74, 6) is -1.45. The second-order valence-electron chi connectivity index (χ2n) is 11.6. The van der Waals surface area contributed by atoms with E-state index >= 15 is 0 Å². The number of pyridine rings is 2. The summed E-state index contributed by atoms with van der Waals surface area (Å²) in [6.07, 6.45) is 3.51. The van der Waals surface area contributed by atoms with Crippen LogP contribution >= 0.6 is 0 Å². The average Bonchev–Trinajstić information content (AvgIpc) is 3.41. The number of amides is 1. The van der Waals surface area contributed by atoms with Crippen LogP contribution in [0.2, 0.25) is 0 Å². The van der Waals surface area contributed by atoms with E-state index < -0.39 is 11.8 Å². The molecule has 5 rings (SSSR count). The van der Waals surface area contributed by atoms with Gasteiger partial charge in [0, 0.05) is 61.9 Å². The molecule has 1 unspecified atom stereocenters. The van der Waals surface area contributed by atoms with Gasteiger partial charge in [-0.15, -0.1) is 0 Å². The molecule has 1 amide bonds. The first kappa shape index (κ1) is 28.4. The Hall–Kier alpha value is -4.13. The van der Waals surface area contributed by atoms with E-state index in [2.05, 4.69) is 30.7 Å². The van der Waals surface area contributed by atoms with Crippen molar-refractivity contribution in [3.63, 3.8) is 0 Å². The molecule has 0 radical (unpaired) electrons. The van der Waals surface area contributed by atoms with E-state index in [-0.39, 0.29) is 24.4 Å². The minimum Gasteiger partial charge on any atom is -0.455 e. The molecule has 4 aromatic rings. The van der Waals surface area contributed by atoms with Crippen LogP contribution in [0.3, 0.4) is 0 Å². The van der Waals surface area contributed by atoms with Gasteiger partial charge in [0.1, 0.15) is 17.3 Å². The fraction of sp³-hybridized carbons (Fsp3) is 0.464. The van der Waals surface area contributed by atoms with Crippen molar-refractivity contribution >= 4 is 34.7 Å². The van der Waals surface area contributed by atoms with Crippen LogP contribution in [0.5, 0.6) is 11.5 Å². The summed E-state index contributed by atoms with van der Waals surface area (Å²) < 4.78 is 39.2. The molecule has 13 heteroatoms. The number of likely N-dealkylation sites (tertiary alicyclic amines) is 1. The number of imidazole rings is 1. The molecule has 0 bridgehead atoms. The van der Waals surface area contributed by atoms with Gasteiger partial charge >= 0.3 is 0 Å². The van der Waals surface area contributed by atoms with E-state index in [1.165, 1.54) is 13.1 Å². The van der Waals surface area contributed by atoms with Gasteiger partial charge in [0.05, 0.1) is 18.3 Å². The summed E-state index contributed by atoms with van der Waals surface area (Å²) in [7, 11) is 3.57. The smallest absolute Gasteiger partial charge is 0.265 e. The topological polar surface area (TPSA) is 115 Å². The van der Waals surface area contributed by atoms with E-state index in [1.807, 2.05) is 38.5 Å². The van der Waals surface area contributed by atoms with Crippen molar-refractivity contribution in [2.24, 2.45) is 13.0 Å². The second kappa shape index (κ2) is 10.7. The Morgan fingerprint density at radius 2 is 1.93 bits per heavy atom. The van der Waals surface area contributed by atoms with Gasteiger partial charge in [-0.3, -0.25) is 9.48 Å². The highest BCUT2D eigenvalue weighted by atomic mass is 19.3. The van der Waals surface area contributed by atoms with Crippen molar-refractivity contribution in [2.75, 3.05) is 30.8 Å². The minimum absolute atomic E-state index is 0.137. The van der Waals surface area contributed by atoms with Crippen molar-refractivity contribution in [1.82, 2.24) is 34.2 Å². The number of carbonyl (C=O) groups is 1. The number of ether oxygens (including phenoxy) is 1. The van der Waals surface area contributed by atoms with Gasteiger partial charge in [-0.1, -0.05) is 20.8 Å². The van der Waals surface area contributed by atoms with Crippen LogP contribution < -0.4 is 15.4 Å². The van der Waals surface area contributed by atoms with E-state index in [4.69, 9.17) is 4.74 Å². The number of aromatic nitrogens is 6. The maximum atomic E-state index is 14.8. The van der Waals surface area contributed by atoms with Crippen LogP contribution in [0.1, 0.15) is 39.8 Å². The lowest BCUT2D eigenvalue weighted by molar-refractivity contribution is -0.114. The van der Waals surface area contributed by atoms with Gasteiger partial charge in [-0.25, -0.2) is 18.7 Å². The number of nitrogens with zero attached hydrogens (tertiary/aromatic N) is 7. The number of alkyl halides is 2. The number of anilines is 3. The maximum Gasteiger partial charge on any atom is 0.265 e. The molecular formula is C28H35F2N9O2. The lowest BCUT2D eigenvalue weighted by Gasteiger charge is -2.37. The first-order valence-corrected chi connectivity index (χ1v) is 13.4. The number of carbonyl (C=O) groups excluding carboxylic acids is 1. The number of halogens is 2. The first-order valence-electron chi connectivity index (χ1n) is 13.4.